The molecule has 112 valence electrons. The normalized spacial score (nSPS) is 17.1. The van der Waals surface area contributed by atoms with E-state index in [9.17, 15) is 19.0 Å². The van der Waals surface area contributed by atoms with Crippen LogP contribution in [0.5, 0.6) is 0 Å². The maximum atomic E-state index is 11.4. The molecule has 0 aromatic rings. The molecule has 0 bridgehead atoms. The number of esters is 2. The fourth-order valence-corrected chi connectivity index (χ4v) is 1.94. The number of rotatable bonds is 8. The second-order valence-electron chi connectivity index (χ2n) is 3.90. The molecule has 9 heteroatoms. The second-order valence-corrected chi connectivity index (χ2v) is 5.35. The maximum Gasteiger partial charge on any atom is 0.472 e. The van der Waals surface area contributed by atoms with Crippen molar-refractivity contribution in [1.82, 2.24) is 0 Å². The number of ether oxygens (including phenoxy) is 2. The zero-order chi connectivity index (χ0) is 15.1. The van der Waals surface area contributed by atoms with Crippen LogP contribution in [-0.4, -0.2) is 42.3 Å². The van der Waals surface area contributed by atoms with Crippen molar-refractivity contribution in [3.63, 3.8) is 0 Å². The lowest BCUT2D eigenvalue weighted by Gasteiger charge is -2.17. The molecule has 0 amide bonds. The van der Waals surface area contributed by atoms with Crippen LogP contribution in [0.2, 0.25) is 0 Å². The average Bonchev–Trinajstić information content (AvgIpc) is 2.22. The maximum absolute atomic E-state index is 11.4. The van der Waals surface area contributed by atoms with Crippen molar-refractivity contribution in [2.75, 3.05) is 13.2 Å². The van der Waals surface area contributed by atoms with Gasteiger partial charge in [-0.25, -0.2) is 4.57 Å². The van der Waals surface area contributed by atoms with Crippen LogP contribution in [0.3, 0.4) is 0 Å². The fourth-order valence-electron chi connectivity index (χ4n) is 1.07. The smallest absolute Gasteiger partial charge is 0.460 e. The largest absolute Gasteiger partial charge is 0.472 e. The zero-order valence-corrected chi connectivity index (χ0v) is 12.2. The number of hydrogen-bond acceptors (Lipinski definition) is 7. The van der Waals surface area contributed by atoms with E-state index in [1.54, 1.807) is 0 Å². The van der Waals surface area contributed by atoms with Crippen LogP contribution < -0.4 is 0 Å². The molecular formula is C10H19O8P. The predicted molar refractivity (Wildman–Crippen MR) is 64.2 cm³/mol. The molecule has 2 unspecified atom stereocenters. The highest BCUT2D eigenvalue weighted by Crippen LogP contribution is 2.43. The molecule has 1 N–H and O–H groups in total. The van der Waals surface area contributed by atoms with E-state index in [-0.39, 0.29) is 13.2 Å². The molecule has 8 nitrogen and oxygen atoms in total. The van der Waals surface area contributed by atoms with Crippen LogP contribution in [0.1, 0.15) is 27.7 Å². The lowest BCUT2D eigenvalue weighted by atomic mass is 10.4. The van der Waals surface area contributed by atoms with E-state index in [2.05, 4.69) is 9.05 Å². The minimum absolute atomic E-state index is 0.282. The topological polar surface area (TPSA) is 108 Å². The Kier molecular flexibility index (Phi) is 7.85. The molecule has 2 atom stereocenters. The number of hydrogen-bond donors (Lipinski definition) is 1. The summed E-state index contributed by atoms with van der Waals surface area (Å²) in [6.07, 6.45) is -1.35. The molecular weight excluding hydrogens is 279 g/mol. The van der Waals surface area contributed by atoms with E-state index in [1.807, 2.05) is 0 Å². The van der Waals surface area contributed by atoms with Gasteiger partial charge in [-0.3, -0.25) is 18.6 Å². The summed E-state index contributed by atoms with van der Waals surface area (Å²) in [4.78, 5) is 30.5. The lowest BCUT2D eigenvalue weighted by molar-refractivity contribution is -0.147. The Morgan fingerprint density at radius 2 is 1.32 bits per heavy atom. The summed E-state index contributed by atoms with van der Waals surface area (Å²) in [5, 5.41) is 0. The Hall–Kier alpha value is -0.950. The van der Waals surface area contributed by atoms with E-state index >= 15 is 0 Å². The molecule has 0 spiro atoms. The molecule has 0 rings (SSSR count). The summed E-state index contributed by atoms with van der Waals surface area (Å²) in [6, 6.07) is 0. The van der Waals surface area contributed by atoms with Crippen molar-refractivity contribution >= 4 is 19.8 Å². The molecule has 0 fully saturated rings. The summed E-state index contributed by atoms with van der Waals surface area (Å²) < 4.78 is 30.1. The summed E-state index contributed by atoms with van der Waals surface area (Å²) in [7, 11) is -4.27. The van der Waals surface area contributed by atoms with Crippen molar-refractivity contribution in [3.8, 4) is 0 Å². The molecule has 0 aliphatic rings. The van der Waals surface area contributed by atoms with Crippen molar-refractivity contribution in [3.05, 3.63) is 0 Å². The van der Waals surface area contributed by atoms with Crippen molar-refractivity contribution in [2.24, 2.45) is 0 Å². The van der Waals surface area contributed by atoms with E-state index in [4.69, 9.17) is 9.47 Å². The van der Waals surface area contributed by atoms with Gasteiger partial charge in [0.05, 0.1) is 13.2 Å². The van der Waals surface area contributed by atoms with Crippen LogP contribution in [-0.2, 0) is 32.7 Å². The van der Waals surface area contributed by atoms with Gasteiger partial charge in [-0.2, -0.15) is 0 Å². The van der Waals surface area contributed by atoms with Gasteiger partial charge in [0.2, 0.25) is 0 Å². The summed E-state index contributed by atoms with van der Waals surface area (Å²) >= 11 is 0. The molecule has 0 aromatic heterocycles. The van der Waals surface area contributed by atoms with Crippen LogP contribution in [0.4, 0.5) is 0 Å². The molecule has 0 aliphatic heterocycles. The van der Waals surface area contributed by atoms with E-state index in [0.717, 1.165) is 0 Å². The van der Waals surface area contributed by atoms with Gasteiger partial charge in [0.25, 0.3) is 0 Å². The minimum atomic E-state index is -4.27. The van der Waals surface area contributed by atoms with Gasteiger partial charge in [0.1, 0.15) is 12.2 Å². The fraction of sp³-hybridized carbons (Fsp3) is 0.800. The average molecular weight is 298 g/mol. The SMILES string of the molecule is CC(=O)OC(C)COP(=O)(O)OCC(C)OC(C)=O. The van der Waals surface area contributed by atoms with Crippen molar-refractivity contribution in [1.29, 1.82) is 0 Å². The van der Waals surface area contributed by atoms with Crippen molar-refractivity contribution < 1.29 is 37.6 Å². The number of phosphoric acid groups is 1. The quantitative estimate of drug-likeness (QED) is 0.522. The van der Waals surface area contributed by atoms with Gasteiger partial charge in [-0.15, -0.1) is 0 Å². The van der Waals surface area contributed by atoms with Gasteiger partial charge in [-0.1, -0.05) is 0 Å². The number of carbonyl (C=O) groups is 2. The van der Waals surface area contributed by atoms with Crippen LogP contribution >= 0.6 is 7.82 Å². The Balaban J connectivity index is 4.01. The van der Waals surface area contributed by atoms with E-state index in [1.165, 1.54) is 27.7 Å². The Labute approximate surface area is 111 Å². The summed E-state index contributed by atoms with van der Waals surface area (Å²) in [5.41, 5.74) is 0. The third-order valence-corrected chi connectivity index (χ3v) is 2.63. The van der Waals surface area contributed by atoms with Crippen molar-refractivity contribution in [2.45, 2.75) is 39.9 Å². The number of phosphoric ester groups is 1. The second kappa shape index (κ2) is 8.27. The van der Waals surface area contributed by atoms with Gasteiger partial charge >= 0.3 is 19.8 Å². The summed E-state index contributed by atoms with van der Waals surface area (Å²) in [5.74, 6) is -1.04. The molecule has 0 saturated carbocycles. The van der Waals surface area contributed by atoms with Gasteiger partial charge < -0.3 is 14.4 Å². The molecule has 0 heterocycles. The lowest BCUT2D eigenvalue weighted by Crippen LogP contribution is -2.20. The van der Waals surface area contributed by atoms with Crippen LogP contribution in [0.15, 0.2) is 0 Å². The van der Waals surface area contributed by atoms with Crippen LogP contribution in [0.25, 0.3) is 0 Å². The van der Waals surface area contributed by atoms with E-state index in [0.29, 0.717) is 0 Å². The third kappa shape index (κ3) is 10.6. The first-order chi connectivity index (χ1) is 8.62. The molecule has 0 aromatic carbocycles. The first-order valence-corrected chi connectivity index (χ1v) is 7.08. The zero-order valence-electron chi connectivity index (χ0n) is 11.3. The van der Waals surface area contributed by atoms with Gasteiger partial charge in [-0.05, 0) is 13.8 Å². The molecule has 0 aliphatic carbocycles. The minimum Gasteiger partial charge on any atom is -0.460 e. The Morgan fingerprint density at radius 3 is 1.58 bits per heavy atom. The molecule has 0 radical (unpaired) electrons. The highest BCUT2D eigenvalue weighted by atomic mass is 31.2. The van der Waals surface area contributed by atoms with Gasteiger partial charge in [0.15, 0.2) is 0 Å². The Bertz CT molecular complexity index is 325. The number of carbonyl (C=O) groups excluding carboxylic acids is 2. The summed E-state index contributed by atoms with van der Waals surface area (Å²) in [6.45, 7) is 4.87. The monoisotopic (exact) mass is 298 g/mol. The highest BCUT2D eigenvalue weighted by Gasteiger charge is 2.24. The first-order valence-electron chi connectivity index (χ1n) is 5.58. The standard InChI is InChI=1S/C10H19O8P/c1-7(17-9(3)11)5-15-19(13,14)16-6-8(2)18-10(4)12/h7-8H,5-6H2,1-4H3,(H,13,14). The molecule has 19 heavy (non-hydrogen) atoms. The predicted octanol–water partition coefficient (Wildman–Crippen LogP) is 1.02. The third-order valence-electron chi connectivity index (χ3n) is 1.68. The Morgan fingerprint density at radius 1 is 1.00 bits per heavy atom. The van der Waals surface area contributed by atoms with E-state index < -0.39 is 32.0 Å². The van der Waals surface area contributed by atoms with Crippen LogP contribution in [0, 0.1) is 0 Å². The van der Waals surface area contributed by atoms with Gasteiger partial charge in [0, 0.05) is 13.8 Å². The molecule has 0 saturated heterocycles. The first kappa shape index (κ1) is 18.0. The highest BCUT2D eigenvalue weighted by molar-refractivity contribution is 7.47.